The van der Waals surface area contributed by atoms with Crippen LogP contribution in [0.3, 0.4) is 0 Å². The zero-order valence-corrected chi connectivity index (χ0v) is 10.6. The average molecular weight is 236 g/mol. The SMILES string of the molecule is Cc1cc(O)ccc1C(=O)N(CCN)C(C)C. The van der Waals surface area contributed by atoms with Gasteiger partial charge >= 0.3 is 0 Å². The molecule has 0 unspecified atom stereocenters. The Bertz CT molecular complexity index is 402. The first-order valence-electron chi connectivity index (χ1n) is 5.78. The molecule has 4 nitrogen and oxygen atoms in total. The minimum absolute atomic E-state index is 0.0389. The van der Waals surface area contributed by atoms with E-state index in [1.807, 2.05) is 20.8 Å². The van der Waals surface area contributed by atoms with Gasteiger partial charge in [-0.05, 0) is 44.5 Å². The molecule has 3 N–H and O–H groups in total. The van der Waals surface area contributed by atoms with Crippen LogP contribution in [-0.4, -0.2) is 35.0 Å². The second-order valence-corrected chi connectivity index (χ2v) is 4.38. The molecular formula is C13H20N2O2. The molecule has 94 valence electrons. The summed E-state index contributed by atoms with van der Waals surface area (Å²) in [6, 6.07) is 4.88. The van der Waals surface area contributed by atoms with Crippen LogP contribution in [0.1, 0.15) is 29.8 Å². The maximum Gasteiger partial charge on any atom is 0.254 e. The zero-order valence-electron chi connectivity index (χ0n) is 10.6. The van der Waals surface area contributed by atoms with Crippen LogP contribution in [0.2, 0.25) is 0 Å². The predicted molar refractivity (Wildman–Crippen MR) is 68.1 cm³/mol. The number of phenols is 1. The largest absolute Gasteiger partial charge is 0.508 e. The molecule has 0 atom stereocenters. The van der Waals surface area contributed by atoms with Crippen molar-refractivity contribution in [2.45, 2.75) is 26.8 Å². The predicted octanol–water partition coefficient (Wildman–Crippen LogP) is 1.51. The van der Waals surface area contributed by atoms with Gasteiger partial charge in [0.1, 0.15) is 5.75 Å². The van der Waals surface area contributed by atoms with Gasteiger partial charge in [0.15, 0.2) is 0 Å². The number of rotatable bonds is 4. The van der Waals surface area contributed by atoms with E-state index in [4.69, 9.17) is 5.73 Å². The summed E-state index contributed by atoms with van der Waals surface area (Å²) in [5, 5.41) is 9.33. The minimum Gasteiger partial charge on any atom is -0.508 e. The van der Waals surface area contributed by atoms with Crippen LogP contribution < -0.4 is 5.73 Å². The van der Waals surface area contributed by atoms with E-state index in [1.54, 1.807) is 17.0 Å². The third-order valence-electron chi connectivity index (χ3n) is 2.69. The number of nitrogens with two attached hydrogens (primary N) is 1. The van der Waals surface area contributed by atoms with Gasteiger partial charge < -0.3 is 15.7 Å². The first kappa shape index (κ1) is 13.5. The van der Waals surface area contributed by atoms with E-state index in [0.717, 1.165) is 5.56 Å². The lowest BCUT2D eigenvalue weighted by molar-refractivity contribution is 0.0711. The van der Waals surface area contributed by atoms with E-state index in [1.165, 1.54) is 6.07 Å². The average Bonchev–Trinajstić information content (AvgIpc) is 2.24. The molecule has 4 heteroatoms. The van der Waals surface area contributed by atoms with E-state index in [2.05, 4.69) is 0 Å². The Morgan fingerprint density at radius 2 is 2.12 bits per heavy atom. The number of aromatic hydroxyl groups is 1. The van der Waals surface area contributed by atoms with Crippen LogP contribution >= 0.6 is 0 Å². The Hall–Kier alpha value is -1.55. The molecule has 0 aromatic heterocycles. The Balaban J connectivity index is 3.01. The zero-order chi connectivity index (χ0) is 13.0. The van der Waals surface area contributed by atoms with Crippen molar-refractivity contribution in [3.05, 3.63) is 29.3 Å². The molecule has 0 saturated heterocycles. The van der Waals surface area contributed by atoms with Gasteiger partial charge in [0, 0.05) is 24.7 Å². The smallest absolute Gasteiger partial charge is 0.254 e. The highest BCUT2D eigenvalue weighted by molar-refractivity contribution is 5.96. The quantitative estimate of drug-likeness (QED) is 0.832. The van der Waals surface area contributed by atoms with Crippen LogP contribution in [0.4, 0.5) is 0 Å². The van der Waals surface area contributed by atoms with Gasteiger partial charge in [0.2, 0.25) is 0 Å². The van der Waals surface area contributed by atoms with Crippen LogP contribution in [0.25, 0.3) is 0 Å². The minimum atomic E-state index is -0.0389. The highest BCUT2D eigenvalue weighted by atomic mass is 16.3. The Labute approximate surface area is 102 Å². The van der Waals surface area contributed by atoms with Crippen molar-refractivity contribution in [1.82, 2.24) is 4.90 Å². The van der Waals surface area contributed by atoms with Crippen molar-refractivity contribution in [3.8, 4) is 5.75 Å². The molecule has 0 heterocycles. The van der Waals surface area contributed by atoms with E-state index in [0.29, 0.717) is 18.7 Å². The van der Waals surface area contributed by atoms with E-state index >= 15 is 0 Å². The third kappa shape index (κ3) is 3.20. The highest BCUT2D eigenvalue weighted by Crippen LogP contribution is 2.18. The lowest BCUT2D eigenvalue weighted by atomic mass is 10.1. The lowest BCUT2D eigenvalue weighted by Gasteiger charge is -2.26. The number of carbonyl (C=O) groups excluding carboxylic acids is 1. The van der Waals surface area contributed by atoms with Gasteiger partial charge in [-0.25, -0.2) is 0 Å². The fraction of sp³-hybridized carbons (Fsp3) is 0.462. The molecule has 1 aromatic rings. The number of benzene rings is 1. The van der Waals surface area contributed by atoms with Gasteiger partial charge in [-0.1, -0.05) is 0 Å². The maximum absolute atomic E-state index is 12.3. The molecule has 0 fully saturated rings. The molecule has 0 radical (unpaired) electrons. The monoisotopic (exact) mass is 236 g/mol. The summed E-state index contributed by atoms with van der Waals surface area (Å²) < 4.78 is 0. The van der Waals surface area contributed by atoms with Crippen molar-refractivity contribution in [1.29, 1.82) is 0 Å². The summed E-state index contributed by atoms with van der Waals surface area (Å²) in [4.78, 5) is 14.0. The second kappa shape index (κ2) is 5.68. The normalized spacial score (nSPS) is 10.6. The van der Waals surface area contributed by atoms with E-state index in [-0.39, 0.29) is 17.7 Å². The number of aryl methyl sites for hydroxylation is 1. The number of phenolic OH excluding ortho intramolecular Hbond substituents is 1. The van der Waals surface area contributed by atoms with Gasteiger partial charge in [-0.2, -0.15) is 0 Å². The molecule has 0 aliphatic carbocycles. The van der Waals surface area contributed by atoms with Crippen molar-refractivity contribution in [2.24, 2.45) is 5.73 Å². The van der Waals surface area contributed by atoms with Gasteiger partial charge in [-0.3, -0.25) is 4.79 Å². The summed E-state index contributed by atoms with van der Waals surface area (Å²) in [7, 11) is 0. The number of hydrogen-bond donors (Lipinski definition) is 2. The maximum atomic E-state index is 12.3. The summed E-state index contributed by atoms with van der Waals surface area (Å²) in [5.41, 5.74) is 6.90. The summed E-state index contributed by atoms with van der Waals surface area (Å²) in [6.07, 6.45) is 0. The summed E-state index contributed by atoms with van der Waals surface area (Å²) >= 11 is 0. The molecule has 0 aliphatic rings. The van der Waals surface area contributed by atoms with E-state index < -0.39 is 0 Å². The van der Waals surface area contributed by atoms with E-state index in [9.17, 15) is 9.90 Å². The number of amides is 1. The van der Waals surface area contributed by atoms with Gasteiger partial charge in [0.05, 0.1) is 0 Å². The van der Waals surface area contributed by atoms with Crippen molar-refractivity contribution in [2.75, 3.05) is 13.1 Å². The highest BCUT2D eigenvalue weighted by Gasteiger charge is 2.19. The Kier molecular flexibility index (Phi) is 4.52. The Morgan fingerprint density at radius 3 is 2.59 bits per heavy atom. The molecule has 1 amide bonds. The first-order valence-corrected chi connectivity index (χ1v) is 5.78. The third-order valence-corrected chi connectivity index (χ3v) is 2.69. The van der Waals surface area contributed by atoms with Crippen LogP contribution in [-0.2, 0) is 0 Å². The lowest BCUT2D eigenvalue weighted by Crippen LogP contribution is -2.40. The molecule has 0 spiro atoms. The first-order chi connectivity index (χ1) is 7.97. The Morgan fingerprint density at radius 1 is 1.47 bits per heavy atom. The molecule has 0 bridgehead atoms. The fourth-order valence-electron chi connectivity index (χ4n) is 1.78. The number of hydrogen-bond acceptors (Lipinski definition) is 3. The van der Waals surface area contributed by atoms with Gasteiger partial charge in [-0.15, -0.1) is 0 Å². The molecular weight excluding hydrogens is 216 g/mol. The van der Waals surface area contributed by atoms with Crippen molar-refractivity contribution < 1.29 is 9.90 Å². The fourth-order valence-corrected chi connectivity index (χ4v) is 1.78. The topological polar surface area (TPSA) is 66.6 Å². The molecule has 1 rings (SSSR count). The number of carbonyl (C=O) groups is 1. The molecule has 17 heavy (non-hydrogen) atoms. The van der Waals surface area contributed by atoms with Crippen LogP contribution in [0.15, 0.2) is 18.2 Å². The van der Waals surface area contributed by atoms with Crippen LogP contribution in [0, 0.1) is 6.92 Å². The van der Waals surface area contributed by atoms with Crippen molar-refractivity contribution >= 4 is 5.91 Å². The molecule has 0 saturated carbocycles. The molecule has 0 aliphatic heterocycles. The van der Waals surface area contributed by atoms with Crippen molar-refractivity contribution in [3.63, 3.8) is 0 Å². The second-order valence-electron chi connectivity index (χ2n) is 4.38. The van der Waals surface area contributed by atoms with Crippen LogP contribution in [0.5, 0.6) is 5.75 Å². The van der Waals surface area contributed by atoms with Gasteiger partial charge in [0.25, 0.3) is 5.91 Å². The standard InChI is InChI=1S/C13H20N2O2/c1-9(2)15(7-6-14)13(17)12-5-4-11(16)8-10(12)3/h4-5,8-9,16H,6-7,14H2,1-3H3. The molecule has 1 aromatic carbocycles. The summed E-state index contributed by atoms with van der Waals surface area (Å²) in [6.45, 7) is 6.72. The summed E-state index contributed by atoms with van der Waals surface area (Å²) in [5.74, 6) is 0.136. The number of nitrogens with zero attached hydrogens (tertiary/aromatic N) is 1.